The molecule has 0 saturated heterocycles. The molecular formula is C19H27IN4O. The number of aromatic nitrogens is 1. The van der Waals surface area contributed by atoms with Crippen molar-refractivity contribution in [1.29, 1.82) is 0 Å². The van der Waals surface area contributed by atoms with Gasteiger partial charge in [0.2, 0.25) is 0 Å². The lowest BCUT2D eigenvalue weighted by Gasteiger charge is -2.12. The van der Waals surface area contributed by atoms with Gasteiger partial charge in [0.25, 0.3) is 0 Å². The summed E-state index contributed by atoms with van der Waals surface area (Å²) in [4.78, 5) is 8.92. The Bertz CT molecular complexity index is 634. The van der Waals surface area contributed by atoms with Crippen LogP contribution in [0, 0.1) is 0 Å². The maximum absolute atomic E-state index is 5.38. The van der Waals surface area contributed by atoms with Crippen molar-refractivity contribution in [3.63, 3.8) is 0 Å². The van der Waals surface area contributed by atoms with Crippen LogP contribution in [0.2, 0.25) is 0 Å². The molecule has 25 heavy (non-hydrogen) atoms. The number of benzene rings is 1. The molecule has 2 N–H and O–H groups in total. The third-order valence-electron chi connectivity index (χ3n) is 3.59. The Morgan fingerprint density at radius 2 is 1.88 bits per heavy atom. The Labute approximate surface area is 167 Å². The van der Waals surface area contributed by atoms with Crippen molar-refractivity contribution in [2.24, 2.45) is 4.99 Å². The van der Waals surface area contributed by atoms with Crippen LogP contribution < -0.4 is 15.4 Å². The molecule has 1 aromatic carbocycles. The van der Waals surface area contributed by atoms with E-state index >= 15 is 0 Å². The average molecular weight is 454 g/mol. The summed E-state index contributed by atoms with van der Waals surface area (Å²) in [6.45, 7) is 4.41. The fraction of sp³-hybridized carbons (Fsp3) is 0.368. The summed E-state index contributed by atoms with van der Waals surface area (Å²) in [5.41, 5.74) is 2.25. The van der Waals surface area contributed by atoms with Gasteiger partial charge in [-0.25, -0.2) is 0 Å². The number of ether oxygens (including phenoxy) is 1. The van der Waals surface area contributed by atoms with Gasteiger partial charge in [-0.15, -0.1) is 24.0 Å². The van der Waals surface area contributed by atoms with Gasteiger partial charge in [0.15, 0.2) is 5.96 Å². The molecule has 0 spiro atoms. The van der Waals surface area contributed by atoms with Gasteiger partial charge in [0.1, 0.15) is 5.75 Å². The highest BCUT2D eigenvalue weighted by Gasteiger charge is 2.02. The number of hydrogen-bond donors (Lipinski definition) is 2. The number of halogens is 1. The first-order chi connectivity index (χ1) is 11.8. The first kappa shape index (κ1) is 21.2. The molecule has 0 unspecified atom stereocenters. The molecule has 0 radical (unpaired) electrons. The second kappa shape index (κ2) is 12.5. The van der Waals surface area contributed by atoms with Crippen molar-refractivity contribution in [2.75, 3.05) is 26.7 Å². The van der Waals surface area contributed by atoms with Crippen LogP contribution in [0.4, 0.5) is 0 Å². The third kappa shape index (κ3) is 7.72. The summed E-state index contributed by atoms with van der Waals surface area (Å²) in [5.74, 6) is 1.76. The van der Waals surface area contributed by atoms with E-state index < -0.39 is 0 Å². The fourth-order valence-corrected chi connectivity index (χ4v) is 2.40. The van der Waals surface area contributed by atoms with Crippen molar-refractivity contribution in [1.82, 2.24) is 15.6 Å². The SMILES string of the molecule is CCNC(=NCCc1ccccn1)NCCc1ccccc1OC.I. The lowest BCUT2D eigenvalue weighted by Crippen LogP contribution is -2.38. The van der Waals surface area contributed by atoms with Crippen molar-refractivity contribution < 1.29 is 4.74 Å². The number of guanidine groups is 1. The third-order valence-corrected chi connectivity index (χ3v) is 3.59. The van der Waals surface area contributed by atoms with Gasteiger partial charge >= 0.3 is 0 Å². The standard InChI is InChI=1S/C19H26N4O.HI/c1-3-20-19(23-15-12-17-9-6-7-13-21-17)22-14-11-16-8-4-5-10-18(16)24-2;/h4-10,13H,3,11-12,14-15H2,1-2H3,(H2,20,22,23);1H. The zero-order valence-electron chi connectivity index (χ0n) is 14.9. The van der Waals surface area contributed by atoms with E-state index in [1.807, 2.05) is 42.6 Å². The van der Waals surface area contributed by atoms with Crippen molar-refractivity contribution >= 4 is 29.9 Å². The van der Waals surface area contributed by atoms with Crippen LogP contribution in [0.15, 0.2) is 53.7 Å². The minimum Gasteiger partial charge on any atom is -0.496 e. The number of nitrogens with one attached hydrogen (secondary N) is 2. The number of pyridine rings is 1. The fourth-order valence-electron chi connectivity index (χ4n) is 2.40. The van der Waals surface area contributed by atoms with Crippen LogP contribution in [0.25, 0.3) is 0 Å². The van der Waals surface area contributed by atoms with Crippen LogP contribution in [0.5, 0.6) is 5.75 Å². The van der Waals surface area contributed by atoms with E-state index in [-0.39, 0.29) is 24.0 Å². The zero-order valence-corrected chi connectivity index (χ0v) is 17.2. The monoisotopic (exact) mass is 454 g/mol. The number of hydrogen-bond acceptors (Lipinski definition) is 3. The zero-order chi connectivity index (χ0) is 17.0. The van der Waals surface area contributed by atoms with Gasteiger partial charge in [-0.05, 0) is 37.1 Å². The van der Waals surface area contributed by atoms with E-state index in [2.05, 4.69) is 33.6 Å². The summed E-state index contributed by atoms with van der Waals surface area (Å²) >= 11 is 0. The molecule has 2 rings (SSSR count). The molecule has 6 heteroatoms. The first-order valence-corrected chi connectivity index (χ1v) is 8.37. The number of rotatable bonds is 8. The number of nitrogens with zero attached hydrogens (tertiary/aromatic N) is 2. The Morgan fingerprint density at radius 3 is 2.60 bits per heavy atom. The molecular weight excluding hydrogens is 427 g/mol. The molecule has 0 fully saturated rings. The van der Waals surface area contributed by atoms with Crippen LogP contribution in [0.3, 0.4) is 0 Å². The second-order valence-corrected chi connectivity index (χ2v) is 5.32. The second-order valence-electron chi connectivity index (χ2n) is 5.32. The van der Waals surface area contributed by atoms with Crippen molar-refractivity contribution in [3.05, 3.63) is 59.9 Å². The summed E-state index contributed by atoms with van der Waals surface area (Å²) in [5, 5.41) is 6.64. The minimum atomic E-state index is 0. The molecule has 0 bridgehead atoms. The molecule has 0 aliphatic rings. The molecule has 1 heterocycles. The smallest absolute Gasteiger partial charge is 0.191 e. The molecule has 1 aromatic heterocycles. The molecule has 0 aliphatic carbocycles. The Hall–Kier alpha value is -1.83. The summed E-state index contributed by atoms with van der Waals surface area (Å²) in [6, 6.07) is 14.0. The lowest BCUT2D eigenvalue weighted by atomic mass is 10.1. The van der Waals surface area contributed by atoms with Gasteiger partial charge in [-0.1, -0.05) is 24.3 Å². The van der Waals surface area contributed by atoms with Gasteiger partial charge < -0.3 is 15.4 Å². The highest BCUT2D eigenvalue weighted by Crippen LogP contribution is 2.17. The van der Waals surface area contributed by atoms with Crippen LogP contribution in [-0.4, -0.2) is 37.7 Å². The van der Waals surface area contributed by atoms with E-state index in [1.54, 1.807) is 7.11 Å². The molecule has 0 atom stereocenters. The highest BCUT2D eigenvalue weighted by molar-refractivity contribution is 14.0. The van der Waals surface area contributed by atoms with E-state index in [4.69, 9.17) is 4.74 Å². The quantitative estimate of drug-likeness (QED) is 0.366. The number of methoxy groups -OCH3 is 1. The van der Waals surface area contributed by atoms with E-state index in [0.717, 1.165) is 43.3 Å². The highest BCUT2D eigenvalue weighted by atomic mass is 127. The molecule has 5 nitrogen and oxygen atoms in total. The number of aliphatic imine (C=N–C) groups is 1. The predicted octanol–water partition coefficient (Wildman–Crippen LogP) is 3.05. The Balaban J connectivity index is 0.00000312. The van der Waals surface area contributed by atoms with Crippen molar-refractivity contribution in [3.8, 4) is 5.75 Å². The van der Waals surface area contributed by atoms with Gasteiger partial charge in [-0.3, -0.25) is 9.98 Å². The van der Waals surface area contributed by atoms with Crippen LogP contribution in [0.1, 0.15) is 18.2 Å². The van der Waals surface area contributed by atoms with E-state index in [0.29, 0.717) is 6.54 Å². The largest absolute Gasteiger partial charge is 0.496 e. The molecule has 0 amide bonds. The van der Waals surface area contributed by atoms with Gasteiger partial charge in [-0.2, -0.15) is 0 Å². The maximum Gasteiger partial charge on any atom is 0.191 e. The number of para-hydroxylation sites is 1. The summed E-state index contributed by atoms with van der Waals surface area (Å²) in [6.07, 6.45) is 3.54. The average Bonchev–Trinajstić information content (AvgIpc) is 2.63. The molecule has 136 valence electrons. The van der Waals surface area contributed by atoms with Crippen molar-refractivity contribution in [2.45, 2.75) is 19.8 Å². The lowest BCUT2D eigenvalue weighted by molar-refractivity contribution is 0.409. The van der Waals surface area contributed by atoms with E-state index in [9.17, 15) is 0 Å². The van der Waals surface area contributed by atoms with Crippen LogP contribution >= 0.6 is 24.0 Å². The topological polar surface area (TPSA) is 58.5 Å². The first-order valence-electron chi connectivity index (χ1n) is 8.37. The summed E-state index contributed by atoms with van der Waals surface area (Å²) in [7, 11) is 1.70. The molecule has 0 saturated carbocycles. The predicted molar refractivity (Wildman–Crippen MR) is 114 cm³/mol. The Kier molecular flexibility index (Phi) is 10.6. The van der Waals surface area contributed by atoms with Gasteiger partial charge in [0, 0.05) is 37.9 Å². The normalized spacial score (nSPS) is 10.7. The maximum atomic E-state index is 5.38. The van der Waals surface area contributed by atoms with Gasteiger partial charge in [0.05, 0.1) is 7.11 Å². The van der Waals surface area contributed by atoms with E-state index in [1.165, 1.54) is 5.56 Å². The molecule has 2 aromatic rings. The molecule has 0 aliphatic heterocycles. The van der Waals surface area contributed by atoms with Crippen LogP contribution in [-0.2, 0) is 12.8 Å². The minimum absolute atomic E-state index is 0. The Morgan fingerprint density at radius 1 is 1.08 bits per heavy atom. The summed E-state index contributed by atoms with van der Waals surface area (Å²) < 4.78 is 5.38.